The maximum absolute atomic E-state index is 10.4. The number of benzene rings is 2. The van der Waals surface area contributed by atoms with Crippen LogP contribution in [0.1, 0.15) is 15.9 Å². The lowest BCUT2D eigenvalue weighted by Gasteiger charge is -1.91. The van der Waals surface area contributed by atoms with E-state index in [1.165, 1.54) is 6.08 Å². The number of nitrogens with two attached hydrogens (primary N) is 1. The van der Waals surface area contributed by atoms with Crippen LogP contribution in [0.4, 0.5) is 0 Å². The van der Waals surface area contributed by atoms with E-state index in [9.17, 15) is 9.59 Å². The Morgan fingerprint density at radius 1 is 1.00 bits per heavy atom. The summed E-state index contributed by atoms with van der Waals surface area (Å²) >= 11 is 5.63. The smallest absolute Gasteiger partial charge is 0.328 e. The molecular weight excluding hydrogens is 290 g/mol. The van der Waals surface area contributed by atoms with E-state index >= 15 is 0 Å². The van der Waals surface area contributed by atoms with Crippen molar-refractivity contribution in [2.24, 2.45) is 5.73 Å². The Morgan fingerprint density at radius 2 is 1.57 bits per heavy atom. The Labute approximate surface area is 127 Å². The van der Waals surface area contributed by atoms with E-state index in [1.54, 1.807) is 48.5 Å². The van der Waals surface area contributed by atoms with Crippen molar-refractivity contribution in [1.29, 1.82) is 0 Å². The fourth-order valence-electron chi connectivity index (χ4n) is 1.34. The minimum Gasteiger partial charge on any atom is -0.478 e. The third-order valence-electron chi connectivity index (χ3n) is 2.35. The molecule has 0 aliphatic carbocycles. The molecule has 0 aromatic heterocycles. The summed E-state index contributed by atoms with van der Waals surface area (Å²) < 4.78 is 0. The molecule has 0 saturated heterocycles. The number of rotatable bonds is 3. The highest BCUT2D eigenvalue weighted by molar-refractivity contribution is 6.30. The minimum absolute atomic E-state index is 0.379. The molecule has 1 amide bonds. The van der Waals surface area contributed by atoms with Gasteiger partial charge in [0.15, 0.2) is 0 Å². The number of carboxylic acid groups (broad SMARTS) is 1. The highest BCUT2D eigenvalue weighted by Crippen LogP contribution is 2.10. The molecule has 3 N–H and O–H groups in total. The van der Waals surface area contributed by atoms with Crippen LogP contribution < -0.4 is 5.73 Å². The van der Waals surface area contributed by atoms with E-state index in [-0.39, 0.29) is 5.91 Å². The average molecular weight is 304 g/mol. The maximum Gasteiger partial charge on any atom is 0.328 e. The van der Waals surface area contributed by atoms with Crippen molar-refractivity contribution in [3.05, 3.63) is 76.8 Å². The Kier molecular flexibility index (Phi) is 6.71. The molecule has 0 fully saturated rings. The van der Waals surface area contributed by atoms with Crippen LogP contribution in [0.5, 0.6) is 0 Å². The molecule has 108 valence electrons. The summed E-state index contributed by atoms with van der Waals surface area (Å²) in [6.45, 7) is 0. The summed E-state index contributed by atoms with van der Waals surface area (Å²) in [6, 6.07) is 15.7. The van der Waals surface area contributed by atoms with Gasteiger partial charge in [0.2, 0.25) is 5.91 Å². The first-order chi connectivity index (χ1) is 9.99. The summed E-state index contributed by atoms with van der Waals surface area (Å²) in [7, 11) is 0. The Bertz CT molecular complexity index is 622. The highest BCUT2D eigenvalue weighted by Gasteiger charge is 1.93. The van der Waals surface area contributed by atoms with Crippen molar-refractivity contribution in [3.8, 4) is 0 Å². The van der Waals surface area contributed by atoms with Crippen LogP contribution in [0.15, 0.2) is 60.7 Å². The molecule has 2 aromatic carbocycles. The summed E-state index contributed by atoms with van der Waals surface area (Å²) in [6.07, 6.45) is 2.60. The number of aliphatic carboxylic acids is 1. The molecule has 0 aliphatic heterocycles. The van der Waals surface area contributed by atoms with Gasteiger partial charge in [-0.1, -0.05) is 41.9 Å². The van der Waals surface area contributed by atoms with Gasteiger partial charge >= 0.3 is 5.97 Å². The fraction of sp³-hybridized carbons (Fsp3) is 0. The monoisotopic (exact) mass is 303 g/mol. The molecule has 0 atom stereocenters. The van der Waals surface area contributed by atoms with Crippen molar-refractivity contribution in [2.45, 2.75) is 0 Å². The summed E-state index contributed by atoms with van der Waals surface area (Å²) in [4.78, 5) is 20.5. The lowest BCUT2D eigenvalue weighted by Crippen LogP contribution is -2.09. The van der Waals surface area contributed by atoms with Gasteiger partial charge in [-0.05, 0) is 35.9 Å². The van der Waals surface area contributed by atoms with Gasteiger partial charge < -0.3 is 10.8 Å². The molecule has 0 saturated carbocycles. The Hall–Kier alpha value is -2.59. The molecule has 0 unspecified atom stereocenters. The van der Waals surface area contributed by atoms with Gasteiger partial charge in [-0.3, -0.25) is 4.79 Å². The molecule has 0 bridgehead atoms. The number of primary amides is 1. The van der Waals surface area contributed by atoms with E-state index in [0.29, 0.717) is 10.6 Å². The molecule has 2 rings (SSSR count). The molecule has 0 aliphatic rings. The molecule has 5 heteroatoms. The number of hydrogen-bond acceptors (Lipinski definition) is 2. The van der Waals surface area contributed by atoms with E-state index in [4.69, 9.17) is 22.4 Å². The van der Waals surface area contributed by atoms with E-state index in [2.05, 4.69) is 0 Å². The minimum atomic E-state index is -0.954. The topological polar surface area (TPSA) is 80.4 Å². The van der Waals surface area contributed by atoms with Gasteiger partial charge in [-0.2, -0.15) is 0 Å². The van der Waals surface area contributed by atoms with E-state index < -0.39 is 5.97 Å². The normalized spacial score (nSPS) is 9.76. The van der Waals surface area contributed by atoms with Gasteiger partial charge in [0.05, 0.1) is 0 Å². The van der Waals surface area contributed by atoms with Crippen LogP contribution >= 0.6 is 11.6 Å². The molecule has 21 heavy (non-hydrogen) atoms. The molecular formula is C16H14ClNO3. The molecule has 0 radical (unpaired) electrons. The van der Waals surface area contributed by atoms with E-state index in [0.717, 1.165) is 11.6 Å². The SMILES string of the molecule is NC(=O)c1ccccc1.O=C(O)/C=C/c1ccc(Cl)cc1. The lowest BCUT2D eigenvalue weighted by atomic mass is 10.2. The van der Waals surface area contributed by atoms with Crippen LogP contribution in [0.25, 0.3) is 6.08 Å². The van der Waals surface area contributed by atoms with Crippen molar-refractivity contribution in [2.75, 3.05) is 0 Å². The largest absolute Gasteiger partial charge is 0.478 e. The summed E-state index contributed by atoms with van der Waals surface area (Å²) in [5, 5.41) is 8.96. The van der Waals surface area contributed by atoms with Crippen LogP contribution in [0, 0.1) is 0 Å². The maximum atomic E-state index is 10.4. The first kappa shape index (κ1) is 16.5. The highest BCUT2D eigenvalue weighted by atomic mass is 35.5. The second-order valence-corrected chi connectivity index (χ2v) is 4.39. The van der Waals surface area contributed by atoms with Crippen LogP contribution in [0.3, 0.4) is 0 Å². The zero-order chi connectivity index (χ0) is 15.7. The van der Waals surface area contributed by atoms with Crippen molar-refractivity contribution in [3.63, 3.8) is 0 Å². The summed E-state index contributed by atoms with van der Waals surface area (Å²) in [5.74, 6) is -1.33. The van der Waals surface area contributed by atoms with Gasteiger partial charge in [0, 0.05) is 16.7 Å². The number of carbonyl (C=O) groups is 2. The Morgan fingerprint density at radius 3 is 2.00 bits per heavy atom. The number of halogens is 1. The number of amides is 1. The number of hydrogen-bond donors (Lipinski definition) is 2. The fourth-order valence-corrected chi connectivity index (χ4v) is 1.47. The molecule has 4 nitrogen and oxygen atoms in total. The number of carbonyl (C=O) groups excluding carboxylic acids is 1. The van der Waals surface area contributed by atoms with Crippen LogP contribution in [-0.2, 0) is 4.79 Å². The van der Waals surface area contributed by atoms with Crippen LogP contribution in [0.2, 0.25) is 5.02 Å². The molecule has 0 heterocycles. The molecule has 0 spiro atoms. The third kappa shape index (κ3) is 6.94. The quantitative estimate of drug-likeness (QED) is 0.854. The predicted octanol–water partition coefficient (Wildman–Crippen LogP) is 3.22. The zero-order valence-corrected chi connectivity index (χ0v) is 11.8. The van der Waals surface area contributed by atoms with Crippen molar-refractivity contribution < 1.29 is 14.7 Å². The lowest BCUT2D eigenvalue weighted by molar-refractivity contribution is -0.131. The molecule has 2 aromatic rings. The predicted molar refractivity (Wildman–Crippen MR) is 83.1 cm³/mol. The van der Waals surface area contributed by atoms with Gasteiger partial charge in [0.1, 0.15) is 0 Å². The average Bonchev–Trinajstić information content (AvgIpc) is 2.48. The summed E-state index contributed by atoms with van der Waals surface area (Å²) in [5.41, 5.74) is 6.35. The van der Waals surface area contributed by atoms with Crippen molar-refractivity contribution in [1.82, 2.24) is 0 Å². The third-order valence-corrected chi connectivity index (χ3v) is 2.60. The Balaban J connectivity index is 0.000000219. The van der Waals surface area contributed by atoms with Gasteiger partial charge in [-0.25, -0.2) is 4.79 Å². The first-order valence-electron chi connectivity index (χ1n) is 6.00. The second kappa shape index (κ2) is 8.55. The number of carboxylic acids is 1. The zero-order valence-electron chi connectivity index (χ0n) is 11.1. The van der Waals surface area contributed by atoms with Gasteiger partial charge in [-0.15, -0.1) is 0 Å². The standard InChI is InChI=1S/C9H7ClO2.C7H7NO/c10-8-4-1-7(2-5-8)3-6-9(11)12;8-7(9)6-4-2-1-3-5-6/h1-6H,(H,11,12);1-5H,(H2,8,9)/b6-3+;. The van der Waals surface area contributed by atoms with E-state index in [1.807, 2.05) is 6.07 Å². The van der Waals surface area contributed by atoms with Crippen LogP contribution in [-0.4, -0.2) is 17.0 Å². The first-order valence-corrected chi connectivity index (χ1v) is 6.38. The van der Waals surface area contributed by atoms with Crippen molar-refractivity contribution >= 4 is 29.6 Å². The second-order valence-electron chi connectivity index (χ2n) is 3.95. The van der Waals surface area contributed by atoms with Gasteiger partial charge in [0.25, 0.3) is 0 Å².